The van der Waals surface area contributed by atoms with Gasteiger partial charge >= 0.3 is 0 Å². The molecular formula is C10H12N4S. The highest BCUT2D eigenvalue weighted by Crippen LogP contribution is 2.12. The van der Waals surface area contributed by atoms with Crippen molar-refractivity contribution < 1.29 is 0 Å². The van der Waals surface area contributed by atoms with E-state index in [4.69, 9.17) is 0 Å². The van der Waals surface area contributed by atoms with E-state index in [9.17, 15) is 0 Å². The van der Waals surface area contributed by atoms with E-state index in [0.717, 1.165) is 23.1 Å². The molecule has 2 aromatic rings. The van der Waals surface area contributed by atoms with Crippen LogP contribution in [0.5, 0.6) is 0 Å². The smallest absolute Gasteiger partial charge is 0.129 e. The van der Waals surface area contributed by atoms with Gasteiger partial charge in [-0.05, 0) is 13.8 Å². The van der Waals surface area contributed by atoms with Crippen LogP contribution in [0.1, 0.15) is 15.6 Å². The number of hydrogen-bond acceptors (Lipinski definition) is 5. The minimum Gasteiger partial charge on any atom is -0.363 e. The molecule has 0 unspecified atom stereocenters. The number of nitrogens with one attached hydrogen (secondary N) is 1. The number of rotatable bonds is 3. The molecule has 0 saturated carbocycles. The van der Waals surface area contributed by atoms with Crippen molar-refractivity contribution in [2.24, 2.45) is 0 Å². The molecular weight excluding hydrogens is 208 g/mol. The lowest BCUT2D eigenvalue weighted by Crippen LogP contribution is -2.01. The lowest BCUT2D eigenvalue weighted by molar-refractivity contribution is 1.04. The average molecular weight is 220 g/mol. The molecule has 0 aliphatic carbocycles. The predicted octanol–water partition coefficient (Wildman–Crippen LogP) is 2.16. The molecule has 0 bridgehead atoms. The highest BCUT2D eigenvalue weighted by atomic mass is 32.1. The van der Waals surface area contributed by atoms with Crippen molar-refractivity contribution in [3.8, 4) is 0 Å². The van der Waals surface area contributed by atoms with Gasteiger partial charge in [-0.2, -0.15) is 0 Å². The van der Waals surface area contributed by atoms with Crippen LogP contribution in [0.3, 0.4) is 0 Å². The Balaban J connectivity index is 1.99. The molecule has 0 aliphatic heterocycles. The number of thiazole rings is 1. The second kappa shape index (κ2) is 4.35. The lowest BCUT2D eigenvalue weighted by atomic mass is 10.4. The second-order valence-electron chi connectivity index (χ2n) is 3.26. The summed E-state index contributed by atoms with van der Waals surface area (Å²) in [7, 11) is 0. The van der Waals surface area contributed by atoms with Crippen LogP contribution >= 0.6 is 11.3 Å². The van der Waals surface area contributed by atoms with Gasteiger partial charge < -0.3 is 5.32 Å². The molecule has 4 nitrogen and oxygen atoms in total. The van der Waals surface area contributed by atoms with Crippen molar-refractivity contribution in [3.63, 3.8) is 0 Å². The third-order valence-electron chi connectivity index (χ3n) is 1.89. The van der Waals surface area contributed by atoms with Crippen LogP contribution < -0.4 is 5.32 Å². The van der Waals surface area contributed by atoms with Crippen LogP contribution in [-0.4, -0.2) is 15.0 Å². The van der Waals surface area contributed by atoms with Crippen LogP contribution in [-0.2, 0) is 6.54 Å². The Hall–Kier alpha value is -1.49. The van der Waals surface area contributed by atoms with Gasteiger partial charge in [-0.3, -0.25) is 0 Å². The highest BCUT2D eigenvalue weighted by molar-refractivity contribution is 7.11. The Morgan fingerprint density at radius 1 is 1.27 bits per heavy atom. The van der Waals surface area contributed by atoms with Crippen molar-refractivity contribution in [2.75, 3.05) is 5.32 Å². The Morgan fingerprint density at radius 2 is 2.13 bits per heavy atom. The predicted molar refractivity (Wildman–Crippen MR) is 60.9 cm³/mol. The maximum Gasteiger partial charge on any atom is 0.129 e. The summed E-state index contributed by atoms with van der Waals surface area (Å²) in [5.74, 6) is 0.843. The van der Waals surface area contributed by atoms with Crippen LogP contribution in [0.4, 0.5) is 5.82 Å². The molecule has 2 rings (SSSR count). The first-order chi connectivity index (χ1) is 7.24. The van der Waals surface area contributed by atoms with Gasteiger partial charge in [0.2, 0.25) is 0 Å². The summed E-state index contributed by atoms with van der Waals surface area (Å²) in [5, 5.41) is 4.28. The average Bonchev–Trinajstić information content (AvgIpc) is 2.62. The van der Waals surface area contributed by atoms with Crippen molar-refractivity contribution in [1.82, 2.24) is 15.0 Å². The van der Waals surface area contributed by atoms with Gasteiger partial charge in [0.05, 0.1) is 6.54 Å². The molecule has 0 aromatic carbocycles. The molecule has 5 heteroatoms. The van der Waals surface area contributed by atoms with E-state index in [-0.39, 0.29) is 0 Å². The Morgan fingerprint density at radius 3 is 2.80 bits per heavy atom. The Bertz CT molecular complexity index is 452. The molecule has 0 atom stereocenters. The molecule has 0 radical (unpaired) electrons. The van der Waals surface area contributed by atoms with Gasteiger partial charge in [-0.25, -0.2) is 15.0 Å². The molecule has 0 aliphatic rings. The number of hydrogen-bond donors (Lipinski definition) is 1. The summed E-state index contributed by atoms with van der Waals surface area (Å²) in [5.41, 5.74) is 0.961. The van der Waals surface area contributed by atoms with Gasteiger partial charge in [0, 0.05) is 22.8 Å². The van der Waals surface area contributed by atoms with Gasteiger partial charge in [0.1, 0.15) is 17.2 Å². The monoisotopic (exact) mass is 220 g/mol. The van der Waals surface area contributed by atoms with Crippen molar-refractivity contribution in [3.05, 3.63) is 34.2 Å². The molecule has 78 valence electrons. The summed E-state index contributed by atoms with van der Waals surface area (Å²) < 4.78 is 0. The lowest BCUT2D eigenvalue weighted by Gasteiger charge is -2.02. The number of nitrogens with zero attached hydrogens (tertiary/aromatic N) is 3. The third kappa shape index (κ3) is 2.73. The fourth-order valence-corrected chi connectivity index (χ4v) is 1.93. The Kier molecular flexibility index (Phi) is 2.91. The standard InChI is InChI=1S/C10H12N4S/c1-7-3-9(14-6-13-7)11-5-10-12-4-8(2)15-10/h3-4,6H,5H2,1-2H3,(H,11,13,14). The van der Waals surface area contributed by atoms with Crippen molar-refractivity contribution >= 4 is 17.2 Å². The first-order valence-corrected chi connectivity index (χ1v) is 5.49. The molecule has 2 aromatic heterocycles. The minimum atomic E-state index is 0.717. The van der Waals surface area contributed by atoms with Gasteiger partial charge in [-0.1, -0.05) is 0 Å². The molecule has 0 saturated heterocycles. The molecule has 1 N–H and O–H groups in total. The zero-order valence-electron chi connectivity index (χ0n) is 8.69. The summed E-state index contributed by atoms with van der Waals surface area (Å²) in [6, 6.07) is 1.92. The van der Waals surface area contributed by atoms with Crippen LogP contribution in [0.25, 0.3) is 0 Å². The summed E-state index contributed by atoms with van der Waals surface area (Å²) in [6.45, 7) is 4.71. The van der Waals surface area contributed by atoms with Crippen LogP contribution in [0.2, 0.25) is 0 Å². The Labute approximate surface area is 92.4 Å². The maximum absolute atomic E-state index is 4.27. The number of aromatic nitrogens is 3. The molecule has 0 amide bonds. The minimum absolute atomic E-state index is 0.717. The molecule has 2 heterocycles. The first-order valence-electron chi connectivity index (χ1n) is 4.68. The SMILES string of the molecule is Cc1cc(NCc2ncc(C)s2)ncn1. The second-order valence-corrected chi connectivity index (χ2v) is 4.58. The van der Waals surface area contributed by atoms with Crippen LogP contribution in [0.15, 0.2) is 18.6 Å². The summed E-state index contributed by atoms with van der Waals surface area (Å²) in [4.78, 5) is 13.6. The largest absolute Gasteiger partial charge is 0.363 e. The topological polar surface area (TPSA) is 50.7 Å². The summed E-state index contributed by atoms with van der Waals surface area (Å²) in [6.07, 6.45) is 3.44. The first kappa shape index (κ1) is 10.0. The molecule has 0 spiro atoms. The van der Waals surface area contributed by atoms with Gasteiger partial charge in [0.15, 0.2) is 0 Å². The fraction of sp³-hybridized carbons (Fsp3) is 0.300. The van der Waals surface area contributed by atoms with Crippen LogP contribution in [0, 0.1) is 13.8 Å². The quantitative estimate of drug-likeness (QED) is 0.861. The van der Waals surface area contributed by atoms with Crippen molar-refractivity contribution in [2.45, 2.75) is 20.4 Å². The van der Waals surface area contributed by atoms with Gasteiger partial charge in [0.25, 0.3) is 0 Å². The van der Waals surface area contributed by atoms with Crippen molar-refractivity contribution in [1.29, 1.82) is 0 Å². The zero-order chi connectivity index (χ0) is 10.7. The molecule has 0 fully saturated rings. The molecule has 15 heavy (non-hydrogen) atoms. The van der Waals surface area contributed by atoms with E-state index in [1.165, 1.54) is 4.88 Å². The number of anilines is 1. The van der Waals surface area contributed by atoms with E-state index in [2.05, 4.69) is 27.2 Å². The normalized spacial score (nSPS) is 10.3. The summed E-state index contributed by atoms with van der Waals surface area (Å²) >= 11 is 1.69. The fourth-order valence-electron chi connectivity index (χ4n) is 1.20. The number of aryl methyl sites for hydroxylation is 2. The highest BCUT2D eigenvalue weighted by Gasteiger charge is 1.99. The van der Waals surface area contributed by atoms with E-state index in [1.54, 1.807) is 17.7 Å². The van der Waals surface area contributed by atoms with Gasteiger partial charge in [-0.15, -0.1) is 11.3 Å². The van der Waals surface area contributed by atoms with E-state index in [1.807, 2.05) is 19.2 Å². The maximum atomic E-state index is 4.27. The van der Waals surface area contributed by atoms with E-state index in [0.29, 0.717) is 0 Å². The van der Waals surface area contributed by atoms with E-state index < -0.39 is 0 Å². The van der Waals surface area contributed by atoms with E-state index >= 15 is 0 Å². The third-order valence-corrected chi connectivity index (χ3v) is 2.81. The zero-order valence-corrected chi connectivity index (χ0v) is 9.51.